The van der Waals surface area contributed by atoms with E-state index in [9.17, 15) is 8.78 Å². The lowest BCUT2D eigenvalue weighted by Crippen LogP contribution is -2.43. The van der Waals surface area contributed by atoms with Crippen molar-refractivity contribution in [2.75, 3.05) is 31.6 Å². The largest absolute Gasteiger partial charge is 0.481 e. The maximum absolute atomic E-state index is 13.9. The molecule has 1 aliphatic heterocycles. The standard InChI is InChI=1S/C22H32F2N8O.C2H4O2/c1-3-16-18(31-10-4-9-22(23,24)13-31)8-7-17(29-16)20(25)19(30(2)26)12-33-21-27-14-28-32(21)11-15-5-6-15;1-2(3)4/h7-8,14-15H,3-6,9-13,25-26H2,1-2H3;1H3,(H,3,4)/b20-19-;. The van der Waals surface area contributed by atoms with E-state index in [0.717, 1.165) is 24.8 Å². The summed E-state index contributed by atoms with van der Waals surface area (Å²) in [4.78, 5) is 19.6. The van der Waals surface area contributed by atoms with Crippen LogP contribution < -0.4 is 21.2 Å². The Bertz CT molecular complexity index is 1100. The number of rotatable bonds is 9. The van der Waals surface area contributed by atoms with Crippen molar-refractivity contribution in [2.24, 2.45) is 17.5 Å². The van der Waals surface area contributed by atoms with Crippen LogP contribution in [-0.2, 0) is 17.8 Å². The molecule has 37 heavy (non-hydrogen) atoms. The maximum Gasteiger partial charge on any atom is 0.315 e. The fourth-order valence-corrected chi connectivity index (χ4v) is 4.05. The highest BCUT2D eigenvalue weighted by Gasteiger charge is 2.36. The summed E-state index contributed by atoms with van der Waals surface area (Å²) in [6.07, 6.45) is 4.82. The van der Waals surface area contributed by atoms with Crippen LogP contribution in [0, 0.1) is 5.92 Å². The van der Waals surface area contributed by atoms with Gasteiger partial charge in [0.1, 0.15) is 12.9 Å². The first-order valence-electron chi connectivity index (χ1n) is 12.3. The fourth-order valence-electron chi connectivity index (χ4n) is 4.05. The molecule has 4 rings (SSSR count). The van der Waals surface area contributed by atoms with Gasteiger partial charge in [0, 0.05) is 33.5 Å². The third-order valence-electron chi connectivity index (χ3n) is 6.08. The predicted octanol–water partition coefficient (Wildman–Crippen LogP) is 2.48. The Morgan fingerprint density at radius 3 is 2.65 bits per heavy atom. The molecule has 204 valence electrons. The van der Waals surface area contributed by atoms with Gasteiger partial charge in [-0.1, -0.05) is 6.92 Å². The van der Waals surface area contributed by atoms with Crippen molar-refractivity contribution in [3.05, 3.63) is 35.5 Å². The summed E-state index contributed by atoms with van der Waals surface area (Å²) < 4.78 is 35.5. The molecule has 2 fully saturated rings. The minimum absolute atomic E-state index is 0.0766. The number of hydrazine groups is 1. The molecule has 0 bridgehead atoms. The zero-order valence-electron chi connectivity index (χ0n) is 21.5. The smallest absolute Gasteiger partial charge is 0.315 e. The summed E-state index contributed by atoms with van der Waals surface area (Å²) in [6, 6.07) is 3.98. The lowest BCUT2D eigenvalue weighted by Gasteiger charge is -2.35. The Morgan fingerprint density at radius 2 is 2.05 bits per heavy atom. The van der Waals surface area contributed by atoms with Gasteiger partial charge >= 0.3 is 6.01 Å². The fraction of sp³-hybridized carbons (Fsp3) is 0.583. The number of piperidine rings is 1. The van der Waals surface area contributed by atoms with Gasteiger partial charge in [-0.2, -0.15) is 10.1 Å². The van der Waals surface area contributed by atoms with E-state index in [2.05, 4.69) is 15.1 Å². The van der Waals surface area contributed by atoms with E-state index in [1.54, 1.807) is 22.7 Å². The van der Waals surface area contributed by atoms with E-state index in [4.69, 9.17) is 26.2 Å². The predicted molar refractivity (Wildman–Crippen MR) is 135 cm³/mol. The highest BCUT2D eigenvalue weighted by Crippen LogP contribution is 2.33. The SMILES string of the molecule is CC(=O)O.CCc1nc(/C(N)=C(\COc2ncnn2CC2CC2)N(C)N)ccc1N1CCCC(F)(F)C1. The second-order valence-electron chi connectivity index (χ2n) is 9.34. The molecule has 13 heteroatoms. The molecule has 5 N–H and O–H groups in total. The number of aromatic nitrogens is 4. The third-order valence-corrected chi connectivity index (χ3v) is 6.08. The molecule has 0 amide bonds. The van der Waals surface area contributed by atoms with E-state index >= 15 is 0 Å². The van der Waals surface area contributed by atoms with E-state index in [1.807, 2.05) is 13.0 Å². The Balaban J connectivity index is 0.000000886. The lowest BCUT2D eigenvalue weighted by atomic mass is 10.1. The minimum Gasteiger partial charge on any atom is -0.481 e. The van der Waals surface area contributed by atoms with Crippen LogP contribution in [0.4, 0.5) is 14.5 Å². The van der Waals surface area contributed by atoms with Crippen LogP contribution in [0.2, 0.25) is 0 Å². The molecule has 1 saturated carbocycles. The van der Waals surface area contributed by atoms with Gasteiger partial charge in [0.2, 0.25) is 0 Å². The Labute approximate surface area is 215 Å². The van der Waals surface area contributed by atoms with Crippen LogP contribution in [0.5, 0.6) is 6.01 Å². The lowest BCUT2D eigenvalue weighted by molar-refractivity contribution is -0.134. The number of ether oxygens (including phenoxy) is 1. The normalized spacial score (nSPS) is 17.4. The number of aryl methyl sites for hydroxylation is 1. The molecule has 0 radical (unpaired) electrons. The molecule has 2 aliphatic rings. The number of hydrogen-bond donors (Lipinski definition) is 3. The molecule has 3 heterocycles. The van der Waals surface area contributed by atoms with E-state index in [1.165, 1.54) is 24.2 Å². The second kappa shape index (κ2) is 12.2. The number of likely N-dealkylation sites (N-methyl/N-ethyl adjacent to an activating group) is 1. The van der Waals surface area contributed by atoms with Crippen molar-refractivity contribution in [1.82, 2.24) is 24.8 Å². The summed E-state index contributed by atoms with van der Waals surface area (Å²) >= 11 is 0. The Hall–Kier alpha value is -3.48. The van der Waals surface area contributed by atoms with Gasteiger partial charge < -0.3 is 25.5 Å². The van der Waals surface area contributed by atoms with Crippen molar-refractivity contribution in [3.8, 4) is 6.01 Å². The number of aliphatic carboxylic acids is 1. The third kappa shape index (κ3) is 8.00. The average Bonchev–Trinajstić information content (AvgIpc) is 3.54. The van der Waals surface area contributed by atoms with E-state index in [0.29, 0.717) is 48.4 Å². The highest BCUT2D eigenvalue weighted by molar-refractivity contribution is 5.65. The Morgan fingerprint density at radius 1 is 1.35 bits per heavy atom. The molecule has 0 aromatic carbocycles. The summed E-state index contributed by atoms with van der Waals surface area (Å²) in [5.74, 6) is 3.15. The Kier molecular flexibility index (Phi) is 9.24. The van der Waals surface area contributed by atoms with E-state index < -0.39 is 11.9 Å². The van der Waals surface area contributed by atoms with Gasteiger partial charge in [0.15, 0.2) is 0 Å². The van der Waals surface area contributed by atoms with Crippen molar-refractivity contribution < 1.29 is 23.4 Å². The number of nitrogens with zero attached hydrogens (tertiary/aromatic N) is 6. The molecule has 11 nitrogen and oxygen atoms in total. The van der Waals surface area contributed by atoms with Crippen LogP contribution in [0.15, 0.2) is 24.2 Å². The summed E-state index contributed by atoms with van der Waals surface area (Å²) in [5.41, 5.74) is 9.30. The zero-order chi connectivity index (χ0) is 27.2. The molecular formula is C24H36F2N8O3. The quantitative estimate of drug-likeness (QED) is 0.331. The van der Waals surface area contributed by atoms with E-state index in [-0.39, 0.29) is 19.6 Å². The molecular weight excluding hydrogens is 486 g/mol. The van der Waals surface area contributed by atoms with Crippen molar-refractivity contribution in [3.63, 3.8) is 0 Å². The monoisotopic (exact) mass is 522 g/mol. The van der Waals surface area contributed by atoms with Crippen LogP contribution in [-0.4, -0.2) is 68.5 Å². The maximum atomic E-state index is 13.9. The number of alkyl halides is 2. The number of pyridine rings is 1. The van der Waals surface area contributed by atoms with Gasteiger partial charge in [-0.15, -0.1) is 0 Å². The van der Waals surface area contributed by atoms with Gasteiger partial charge in [0.05, 0.1) is 35.0 Å². The number of nitrogens with two attached hydrogens (primary N) is 2. The number of carboxylic acid groups (broad SMARTS) is 1. The average molecular weight is 523 g/mol. The molecule has 2 aromatic heterocycles. The molecule has 1 aliphatic carbocycles. The summed E-state index contributed by atoms with van der Waals surface area (Å²) in [5, 5.41) is 13.0. The number of carbonyl (C=O) groups is 1. The molecule has 0 atom stereocenters. The van der Waals surface area contributed by atoms with Crippen LogP contribution in [0.3, 0.4) is 0 Å². The van der Waals surface area contributed by atoms with Gasteiger partial charge in [-0.05, 0) is 43.7 Å². The topological polar surface area (TPSA) is 149 Å². The number of halogens is 2. The highest BCUT2D eigenvalue weighted by atomic mass is 19.3. The number of carboxylic acids is 1. The van der Waals surface area contributed by atoms with Crippen molar-refractivity contribution in [1.29, 1.82) is 0 Å². The first kappa shape index (κ1) is 28.1. The van der Waals surface area contributed by atoms with Crippen molar-refractivity contribution in [2.45, 2.75) is 58.4 Å². The van der Waals surface area contributed by atoms with Gasteiger partial charge in [0.25, 0.3) is 11.9 Å². The molecule has 1 saturated heterocycles. The van der Waals surface area contributed by atoms with Crippen LogP contribution in [0.25, 0.3) is 5.70 Å². The van der Waals surface area contributed by atoms with Crippen LogP contribution >= 0.6 is 0 Å². The first-order valence-corrected chi connectivity index (χ1v) is 12.3. The second-order valence-corrected chi connectivity index (χ2v) is 9.34. The van der Waals surface area contributed by atoms with Gasteiger partial charge in [-0.25, -0.2) is 24.3 Å². The number of hydrogen-bond acceptors (Lipinski definition) is 9. The molecule has 2 aromatic rings. The first-order chi connectivity index (χ1) is 17.5. The minimum atomic E-state index is -2.69. The van der Waals surface area contributed by atoms with Crippen molar-refractivity contribution >= 4 is 17.4 Å². The number of anilines is 1. The zero-order valence-corrected chi connectivity index (χ0v) is 21.5. The van der Waals surface area contributed by atoms with Gasteiger partial charge in [-0.3, -0.25) is 4.79 Å². The van der Waals surface area contributed by atoms with Crippen LogP contribution in [0.1, 0.15) is 50.9 Å². The summed E-state index contributed by atoms with van der Waals surface area (Å²) in [7, 11) is 1.67. The molecule has 0 spiro atoms. The summed E-state index contributed by atoms with van der Waals surface area (Å²) in [6.45, 7) is 4.19. The molecule has 0 unspecified atom stereocenters.